The second kappa shape index (κ2) is 8.06. The molecule has 2 rings (SSSR count). The summed E-state index contributed by atoms with van der Waals surface area (Å²) < 4.78 is 14.9. The fraction of sp³-hybridized carbons (Fsp3) is 0.389. The van der Waals surface area contributed by atoms with Crippen LogP contribution in [0, 0.1) is 0 Å². The van der Waals surface area contributed by atoms with E-state index in [-0.39, 0.29) is 11.9 Å². The van der Waals surface area contributed by atoms with E-state index in [1.807, 2.05) is 0 Å². The van der Waals surface area contributed by atoms with Crippen molar-refractivity contribution in [1.82, 2.24) is 4.90 Å². The van der Waals surface area contributed by atoms with E-state index in [1.165, 1.54) is 6.26 Å². The van der Waals surface area contributed by atoms with Gasteiger partial charge in [-0.15, -0.1) is 0 Å². The zero-order chi connectivity index (χ0) is 18.6. The van der Waals surface area contributed by atoms with Gasteiger partial charge in [-0.1, -0.05) is 18.2 Å². The number of piperidine rings is 1. The summed E-state index contributed by atoms with van der Waals surface area (Å²) in [5, 5.41) is 0.447. The molecule has 1 heterocycles. The summed E-state index contributed by atoms with van der Waals surface area (Å²) in [5.74, 6) is 3.43. The van der Waals surface area contributed by atoms with Crippen LogP contribution >= 0.6 is 11.6 Å². The molecule has 1 amide bonds. The van der Waals surface area contributed by atoms with E-state index >= 15 is 0 Å². The fourth-order valence-electron chi connectivity index (χ4n) is 3.03. The third-order valence-electron chi connectivity index (χ3n) is 4.11. The summed E-state index contributed by atoms with van der Waals surface area (Å²) in [6.07, 6.45) is 5.98. The zero-order valence-corrected chi connectivity index (χ0v) is 16.2. The molecule has 1 aliphatic heterocycles. The molecule has 0 radical (unpaired) electrons. The highest BCUT2D eigenvalue weighted by atomic mass is 35.5. The highest BCUT2D eigenvalue weighted by Gasteiger charge is 2.31. The van der Waals surface area contributed by atoms with Gasteiger partial charge in [0, 0.05) is 34.6 Å². The van der Waals surface area contributed by atoms with Crippen molar-refractivity contribution in [2.45, 2.75) is 25.3 Å². The fourth-order valence-corrected chi connectivity index (χ4v) is 3.84. The van der Waals surface area contributed by atoms with Gasteiger partial charge in [0.2, 0.25) is 0 Å². The Hall–Kier alpha value is -1.79. The van der Waals surface area contributed by atoms with Crippen molar-refractivity contribution in [1.29, 1.82) is 0 Å². The van der Waals surface area contributed by atoms with Gasteiger partial charge in [0.05, 0.1) is 23.0 Å². The van der Waals surface area contributed by atoms with Crippen LogP contribution in [0.15, 0.2) is 35.8 Å². The van der Waals surface area contributed by atoms with Crippen molar-refractivity contribution >= 4 is 44.5 Å². The maximum Gasteiger partial charge on any atom is 0.256 e. The van der Waals surface area contributed by atoms with Crippen LogP contribution in [-0.2, 0) is 9.71 Å². The molecule has 0 spiro atoms. The SMILES string of the molecule is C=CC(=NC)C1CCCCN1C(=O)c1cc(Cl)ccc1NS(=C)(C)=O. The summed E-state index contributed by atoms with van der Waals surface area (Å²) in [6, 6.07) is 4.80. The van der Waals surface area contributed by atoms with Crippen LogP contribution in [0.25, 0.3) is 0 Å². The molecule has 2 atom stereocenters. The van der Waals surface area contributed by atoms with Crippen molar-refractivity contribution in [3.05, 3.63) is 41.4 Å². The lowest BCUT2D eigenvalue weighted by atomic mass is 9.96. The average Bonchev–Trinajstić information content (AvgIpc) is 2.56. The minimum atomic E-state index is -2.52. The Morgan fingerprint density at radius 3 is 2.80 bits per heavy atom. The molecule has 7 heteroatoms. The molecule has 1 saturated heterocycles. The van der Waals surface area contributed by atoms with E-state index in [2.05, 4.69) is 22.2 Å². The van der Waals surface area contributed by atoms with Gasteiger partial charge in [-0.25, -0.2) is 4.21 Å². The van der Waals surface area contributed by atoms with Gasteiger partial charge in [-0.05, 0) is 49.4 Å². The number of amides is 1. The second-order valence-electron chi connectivity index (χ2n) is 6.16. The van der Waals surface area contributed by atoms with E-state index in [9.17, 15) is 9.00 Å². The first-order valence-electron chi connectivity index (χ1n) is 8.06. The van der Waals surface area contributed by atoms with Gasteiger partial charge >= 0.3 is 0 Å². The van der Waals surface area contributed by atoms with Crippen molar-refractivity contribution < 1.29 is 9.00 Å². The minimum Gasteiger partial charge on any atom is -0.330 e. The number of likely N-dealkylation sites (tertiary alicyclic amines) is 1. The van der Waals surface area contributed by atoms with E-state index in [4.69, 9.17) is 11.6 Å². The molecule has 0 aliphatic carbocycles. The summed E-state index contributed by atoms with van der Waals surface area (Å²) in [6.45, 7) is 4.44. The van der Waals surface area contributed by atoms with E-state index in [0.29, 0.717) is 22.8 Å². The van der Waals surface area contributed by atoms with Crippen LogP contribution in [0.4, 0.5) is 5.69 Å². The molecule has 0 bridgehead atoms. The largest absolute Gasteiger partial charge is 0.330 e. The molecule has 1 aromatic rings. The van der Waals surface area contributed by atoms with E-state index in [1.54, 1.807) is 36.2 Å². The first-order chi connectivity index (χ1) is 11.8. The topological polar surface area (TPSA) is 61.8 Å². The standard InChI is InChI=1S/C18H24ClN3O2S/c1-5-15(20-2)17-8-6-7-11-22(17)18(23)14-12-13(19)9-10-16(14)21-25(3,4)24/h5,9-10,12,17H,1,3,6-8,11H2,2,4H3,(H,21,24). The first-order valence-corrected chi connectivity index (χ1v) is 10.6. The van der Waals surface area contributed by atoms with Gasteiger partial charge in [-0.3, -0.25) is 9.79 Å². The number of anilines is 1. The molecule has 136 valence electrons. The lowest BCUT2D eigenvalue weighted by molar-refractivity contribution is 0.0682. The molecule has 0 saturated carbocycles. The number of aliphatic imine (C=N–C) groups is 1. The Bertz CT molecular complexity index is 803. The van der Waals surface area contributed by atoms with Crippen molar-refractivity contribution in [2.24, 2.45) is 4.99 Å². The smallest absolute Gasteiger partial charge is 0.256 e. The lowest BCUT2D eigenvalue weighted by Gasteiger charge is -2.36. The van der Waals surface area contributed by atoms with Crippen molar-refractivity contribution in [3.63, 3.8) is 0 Å². The quantitative estimate of drug-likeness (QED) is 0.628. The molecule has 1 fully saturated rings. The molecule has 25 heavy (non-hydrogen) atoms. The van der Waals surface area contributed by atoms with Crippen LogP contribution in [-0.4, -0.2) is 52.5 Å². The highest BCUT2D eigenvalue weighted by Crippen LogP contribution is 2.27. The minimum absolute atomic E-state index is 0.110. The monoisotopic (exact) mass is 381 g/mol. The molecular formula is C18H24ClN3O2S. The number of hydrogen-bond acceptors (Lipinski definition) is 3. The Labute approximate surface area is 154 Å². The molecule has 2 unspecified atom stereocenters. The summed E-state index contributed by atoms with van der Waals surface area (Å²) in [7, 11) is -0.816. The molecular weight excluding hydrogens is 358 g/mol. The number of nitrogens with one attached hydrogen (secondary N) is 1. The number of rotatable bonds is 5. The maximum absolute atomic E-state index is 13.2. The summed E-state index contributed by atoms with van der Waals surface area (Å²) in [4.78, 5) is 19.3. The predicted molar refractivity (Wildman–Crippen MR) is 108 cm³/mol. The van der Waals surface area contributed by atoms with E-state index < -0.39 is 9.71 Å². The van der Waals surface area contributed by atoms with Crippen molar-refractivity contribution in [3.8, 4) is 0 Å². The number of hydrogen-bond donors (Lipinski definition) is 1. The van der Waals surface area contributed by atoms with Crippen LogP contribution in [0.2, 0.25) is 5.02 Å². The predicted octanol–water partition coefficient (Wildman–Crippen LogP) is 3.26. The highest BCUT2D eigenvalue weighted by molar-refractivity contribution is 8.00. The zero-order valence-electron chi connectivity index (χ0n) is 14.6. The third-order valence-corrected chi connectivity index (χ3v) is 5.00. The van der Waals surface area contributed by atoms with E-state index in [0.717, 1.165) is 25.0 Å². The molecule has 5 nitrogen and oxygen atoms in total. The number of carbonyl (C=O) groups is 1. The Balaban J connectivity index is 2.44. The maximum atomic E-state index is 13.2. The Morgan fingerprint density at radius 1 is 1.48 bits per heavy atom. The third kappa shape index (κ3) is 4.86. The number of carbonyl (C=O) groups excluding carboxylic acids is 1. The number of halogens is 1. The van der Waals surface area contributed by atoms with Gasteiger partial charge in [0.1, 0.15) is 0 Å². The molecule has 1 aliphatic rings. The molecule has 1 aromatic carbocycles. The average molecular weight is 382 g/mol. The van der Waals surface area contributed by atoms with Crippen LogP contribution in [0.1, 0.15) is 29.6 Å². The van der Waals surface area contributed by atoms with Crippen LogP contribution < -0.4 is 4.72 Å². The van der Waals surface area contributed by atoms with Gasteiger partial charge < -0.3 is 9.62 Å². The molecule has 1 N–H and O–H groups in total. The number of benzene rings is 1. The summed E-state index contributed by atoms with van der Waals surface area (Å²) >= 11 is 6.10. The Morgan fingerprint density at radius 2 is 2.20 bits per heavy atom. The lowest BCUT2D eigenvalue weighted by Crippen LogP contribution is -2.47. The van der Waals surface area contributed by atoms with Gasteiger partial charge in [0.15, 0.2) is 0 Å². The summed E-state index contributed by atoms with van der Waals surface area (Å²) in [5.41, 5.74) is 1.65. The number of nitrogens with zero attached hydrogens (tertiary/aromatic N) is 2. The van der Waals surface area contributed by atoms with Crippen LogP contribution in [0.3, 0.4) is 0 Å². The first kappa shape index (κ1) is 19.5. The molecule has 0 aromatic heterocycles. The second-order valence-corrected chi connectivity index (χ2v) is 8.81. The normalized spacial score (nSPS) is 20.7. The van der Waals surface area contributed by atoms with Crippen molar-refractivity contribution in [2.75, 3.05) is 24.6 Å². The van der Waals surface area contributed by atoms with Gasteiger partial charge in [-0.2, -0.15) is 0 Å². The van der Waals surface area contributed by atoms with Gasteiger partial charge in [0.25, 0.3) is 5.91 Å². The van der Waals surface area contributed by atoms with Crippen LogP contribution in [0.5, 0.6) is 0 Å². The Kier molecular flexibility index (Phi) is 6.30.